The molecule has 0 radical (unpaired) electrons. The van der Waals surface area contributed by atoms with E-state index in [4.69, 9.17) is 14.2 Å². The zero-order chi connectivity index (χ0) is 17.4. The number of hydrogen-bond donors (Lipinski definition) is 0. The smallest absolute Gasteiger partial charge is 0.179 e. The maximum atomic E-state index is 9.25. The van der Waals surface area contributed by atoms with E-state index in [0.717, 1.165) is 22.2 Å². The number of nitrogens with zero attached hydrogens (tertiary/aromatic N) is 1. The lowest BCUT2D eigenvalue weighted by Crippen LogP contribution is -2.11. The zero-order valence-corrected chi connectivity index (χ0v) is 15.0. The zero-order valence-electron chi connectivity index (χ0n) is 13.4. The first-order chi connectivity index (χ1) is 11.7. The van der Waals surface area contributed by atoms with Gasteiger partial charge in [-0.25, -0.2) is 0 Å². The van der Waals surface area contributed by atoms with Gasteiger partial charge in [-0.3, -0.25) is 0 Å². The summed E-state index contributed by atoms with van der Waals surface area (Å²) in [6.45, 7) is 4.41. The second-order valence-corrected chi connectivity index (χ2v) is 5.81. The molecule has 0 atom stereocenters. The maximum Gasteiger partial charge on any atom is 0.179 e. The molecule has 5 heteroatoms. The highest BCUT2D eigenvalue weighted by atomic mass is 79.9. The molecule has 0 bridgehead atoms. The van der Waals surface area contributed by atoms with Crippen molar-refractivity contribution in [1.82, 2.24) is 0 Å². The number of halogens is 1. The summed E-state index contributed by atoms with van der Waals surface area (Å²) >= 11 is 3.34. The number of benzene rings is 2. The van der Waals surface area contributed by atoms with Crippen molar-refractivity contribution in [3.8, 4) is 23.3 Å². The summed E-state index contributed by atoms with van der Waals surface area (Å²) in [5, 5.41) is 9.25. The number of para-hydroxylation sites is 1. The molecule has 0 aliphatic carbocycles. The van der Waals surface area contributed by atoms with E-state index in [1.54, 1.807) is 12.1 Å². The molecular weight excluding hydrogens is 370 g/mol. The maximum absolute atomic E-state index is 9.25. The van der Waals surface area contributed by atoms with E-state index in [0.29, 0.717) is 30.3 Å². The van der Waals surface area contributed by atoms with Crippen LogP contribution in [0.15, 0.2) is 53.5 Å². The highest BCUT2D eigenvalue weighted by Crippen LogP contribution is 2.34. The molecule has 0 heterocycles. The number of rotatable bonds is 8. The fourth-order valence-electron chi connectivity index (χ4n) is 2.22. The van der Waals surface area contributed by atoms with Crippen molar-refractivity contribution in [2.75, 3.05) is 20.3 Å². The van der Waals surface area contributed by atoms with Gasteiger partial charge in [0.05, 0.1) is 12.7 Å². The predicted octanol–water partition coefficient (Wildman–Crippen LogP) is 4.52. The fourth-order valence-corrected chi connectivity index (χ4v) is 2.65. The molecule has 2 aromatic rings. The Hall–Kier alpha value is -2.45. The summed E-state index contributed by atoms with van der Waals surface area (Å²) in [6.07, 6.45) is 2.58. The molecule has 0 aliphatic heterocycles. The van der Waals surface area contributed by atoms with Gasteiger partial charge < -0.3 is 14.2 Å². The summed E-state index contributed by atoms with van der Waals surface area (Å²) in [5.74, 6) is 1.74. The molecule has 0 saturated carbocycles. The monoisotopic (exact) mass is 387 g/mol. The lowest BCUT2D eigenvalue weighted by Gasteiger charge is -2.14. The van der Waals surface area contributed by atoms with Crippen molar-refractivity contribution < 1.29 is 14.2 Å². The summed E-state index contributed by atoms with van der Waals surface area (Å²) in [7, 11) is 1.54. The summed E-state index contributed by atoms with van der Waals surface area (Å²) < 4.78 is 17.5. The van der Waals surface area contributed by atoms with Crippen LogP contribution in [0.3, 0.4) is 0 Å². The molecule has 24 heavy (non-hydrogen) atoms. The van der Waals surface area contributed by atoms with E-state index in [9.17, 15) is 5.26 Å². The molecule has 0 spiro atoms. The van der Waals surface area contributed by atoms with Crippen molar-refractivity contribution >= 4 is 15.9 Å². The summed E-state index contributed by atoms with van der Waals surface area (Å²) in [5.41, 5.74) is 1.49. The SMILES string of the molecule is C=CCc1ccccc1OCCOc1c(C#N)cc(Br)cc1OC. The third kappa shape index (κ3) is 4.53. The minimum atomic E-state index is 0.301. The van der Waals surface area contributed by atoms with E-state index in [1.807, 2.05) is 30.3 Å². The Balaban J connectivity index is 2.01. The predicted molar refractivity (Wildman–Crippen MR) is 96.7 cm³/mol. The van der Waals surface area contributed by atoms with Crippen LogP contribution in [0.2, 0.25) is 0 Å². The van der Waals surface area contributed by atoms with Gasteiger partial charge in [0.25, 0.3) is 0 Å². The summed E-state index contributed by atoms with van der Waals surface area (Å²) in [6, 6.07) is 13.4. The lowest BCUT2D eigenvalue weighted by atomic mass is 10.1. The molecular formula is C19H18BrNO3. The molecule has 0 aromatic heterocycles. The van der Waals surface area contributed by atoms with Crippen LogP contribution in [-0.4, -0.2) is 20.3 Å². The molecule has 0 unspecified atom stereocenters. The van der Waals surface area contributed by atoms with E-state index >= 15 is 0 Å². The lowest BCUT2D eigenvalue weighted by molar-refractivity contribution is 0.210. The molecule has 4 nitrogen and oxygen atoms in total. The van der Waals surface area contributed by atoms with Crippen molar-refractivity contribution in [3.63, 3.8) is 0 Å². The van der Waals surface area contributed by atoms with Crippen LogP contribution in [0, 0.1) is 11.3 Å². The Morgan fingerprint density at radius 2 is 1.92 bits per heavy atom. The van der Waals surface area contributed by atoms with Crippen molar-refractivity contribution in [2.24, 2.45) is 0 Å². The Morgan fingerprint density at radius 3 is 2.62 bits per heavy atom. The first-order valence-corrected chi connectivity index (χ1v) is 8.21. The standard InChI is InChI=1S/C19H18BrNO3/c1-3-6-14-7-4-5-8-17(14)23-9-10-24-19-15(13-21)11-16(20)12-18(19)22-2/h3-5,7-8,11-12H,1,6,9-10H2,2H3. The van der Waals surface area contributed by atoms with Crippen LogP contribution < -0.4 is 14.2 Å². The molecule has 2 aromatic carbocycles. The largest absolute Gasteiger partial charge is 0.493 e. The Bertz CT molecular complexity index is 753. The quantitative estimate of drug-likeness (QED) is 0.493. The average Bonchev–Trinajstić information content (AvgIpc) is 2.60. The minimum Gasteiger partial charge on any atom is -0.493 e. The van der Waals surface area contributed by atoms with Crippen molar-refractivity contribution in [2.45, 2.75) is 6.42 Å². The first kappa shape index (κ1) is 17.9. The first-order valence-electron chi connectivity index (χ1n) is 7.41. The van der Waals surface area contributed by atoms with E-state index in [2.05, 4.69) is 28.6 Å². The molecule has 0 N–H and O–H groups in total. The number of allylic oxidation sites excluding steroid dienone is 1. The number of hydrogen-bond acceptors (Lipinski definition) is 4. The van der Waals surface area contributed by atoms with Gasteiger partial charge >= 0.3 is 0 Å². The van der Waals surface area contributed by atoms with Gasteiger partial charge in [0, 0.05) is 4.47 Å². The molecule has 0 aliphatic rings. The molecule has 0 amide bonds. The van der Waals surface area contributed by atoms with Gasteiger partial charge in [-0.1, -0.05) is 40.2 Å². The number of ether oxygens (including phenoxy) is 3. The number of methoxy groups -OCH3 is 1. The highest BCUT2D eigenvalue weighted by Gasteiger charge is 2.12. The van der Waals surface area contributed by atoms with Gasteiger partial charge in [-0.05, 0) is 30.2 Å². The van der Waals surface area contributed by atoms with Crippen molar-refractivity contribution in [3.05, 3.63) is 64.7 Å². The van der Waals surface area contributed by atoms with Gasteiger partial charge in [0.2, 0.25) is 0 Å². The van der Waals surface area contributed by atoms with Crippen LogP contribution in [0.5, 0.6) is 17.2 Å². The molecule has 2 rings (SSSR count). The number of nitriles is 1. The van der Waals surface area contributed by atoms with Gasteiger partial charge in [0.1, 0.15) is 25.0 Å². The highest BCUT2D eigenvalue weighted by molar-refractivity contribution is 9.10. The van der Waals surface area contributed by atoms with Crippen LogP contribution in [0.1, 0.15) is 11.1 Å². The third-order valence-electron chi connectivity index (χ3n) is 3.28. The topological polar surface area (TPSA) is 51.5 Å². The second-order valence-electron chi connectivity index (χ2n) is 4.89. The third-order valence-corrected chi connectivity index (χ3v) is 3.74. The van der Waals surface area contributed by atoms with Gasteiger partial charge in [-0.15, -0.1) is 6.58 Å². The average molecular weight is 388 g/mol. The van der Waals surface area contributed by atoms with Gasteiger partial charge in [-0.2, -0.15) is 5.26 Å². The minimum absolute atomic E-state index is 0.301. The van der Waals surface area contributed by atoms with E-state index < -0.39 is 0 Å². The van der Waals surface area contributed by atoms with Crippen LogP contribution in [-0.2, 0) is 6.42 Å². The van der Waals surface area contributed by atoms with Crippen LogP contribution in [0.25, 0.3) is 0 Å². The molecule has 0 saturated heterocycles. The fraction of sp³-hybridized carbons (Fsp3) is 0.211. The normalized spacial score (nSPS) is 9.88. The van der Waals surface area contributed by atoms with Crippen molar-refractivity contribution in [1.29, 1.82) is 5.26 Å². The van der Waals surface area contributed by atoms with Gasteiger partial charge in [0.15, 0.2) is 11.5 Å². The molecule has 0 fully saturated rings. The summed E-state index contributed by atoms with van der Waals surface area (Å²) in [4.78, 5) is 0. The van der Waals surface area contributed by atoms with E-state index in [-0.39, 0.29) is 0 Å². The van der Waals surface area contributed by atoms with E-state index in [1.165, 1.54) is 7.11 Å². The second kappa shape index (κ2) is 8.99. The Morgan fingerprint density at radius 1 is 1.17 bits per heavy atom. The Kier molecular flexibility index (Phi) is 6.71. The van der Waals surface area contributed by atoms with Crippen LogP contribution >= 0.6 is 15.9 Å². The molecule has 124 valence electrons. The Labute approximate surface area is 150 Å². The van der Waals surface area contributed by atoms with Crippen LogP contribution in [0.4, 0.5) is 0 Å².